The Hall–Kier alpha value is -4.32. The highest BCUT2D eigenvalue weighted by Gasteiger charge is 2.45. The number of rotatable bonds is 6. The molecule has 0 fully saturated rings. The molecule has 1 aliphatic rings. The van der Waals surface area contributed by atoms with Crippen LogP contribution in [0.4, 0.5) is 4.39 Å². The first-order chi connectivity index (χ1) is 16.6. The third-order valence-corrected chi connectivity index (χ3v) is 6.02. The van der Waals surface area contributed by atoms with Crippen molar-refractivity contribution < 1.29 is 14.0 Å². The van der Waals surface area contributed by atoms with E-state index in [9.17, 15) is 14.0 Å². The van der Waals surface area contributed by atoms with Crippen molar-refractivity contribution >= 4 is 11.8 Å². The van der Waals surface area contributed by atoms with E-state index in [-0.39, 0.29) is 17.6 Å². The number of nitrogens with zero attached hydrogens (tertiary/aromatic N) is 2. The number of benzene rings is 3. The molecule has 2 heterocycles. The predicted octanol–water partition coefficient (Wildman–Crippen LogP) is 4.82. The Labute approximate surface area is 196 Å². The number of carbonyl (C=O) groups excluding carboxylic acids is 2. The van der Waals surface area contributed by atoms with Crippen molar-refractivity contribution in [3.05, 3.63) is 137 Å². The molecule has 0 spiro atoms. The zero-order valence-electron chi connectivity index (χ0n) is 18.3. The van der Waals surface area contributed by atoms with Crippen LogP contribution in [0.2, 0.25) is 0 Å². The molecular formula is C28H22FN3O2. The molecule has 5 nitrogen and oxygen atoms in total. The highest BCUT2D eigenvalue weighted by Crippen LogP contribution is 2.42. The van der Waals surface area contributed by atoms with E-state index >= 15 is 0 Å². The van der Waals surface area contributed by atoms with Crippen molar-refractivity contribution in [3.8, 4) is 0 Å². The van der Waals surface area contributed by atoms with Gasteiger partial charge < -0.3 is 10.2 Å². The number of carbonyl (C=O) groups is 2. The summed E-state index contributed by atoms with van der Waals surface area (Å²) in [5.41, 5.74) is 3.52. The molecule has 0 radical (unpaired) electrons. The van der Waals surface area contributed by atoms with Crippen LogP contribution in [0.5, 0.6) is 0 Å². The second-order valence-corrected chi connectivity index (χ2v) is 8.15. The van der Waals surface area contributed by atoms with Crippen LogP contribution in [0.15, 0.2) is 103 Å². The first-order valence-corrected chi connectivity index (χ1v) is 11.0. The zero-order chi connectivity index (χ0) is 23.5. The summed E-state index contributed by atoms with van der Waals surface area (Å²) in [6.07, 6.45) is 3.32. The summed E-state index contributed by atoms with van der Waals surface area (Å²) in [6, 6.07) is 24.9. The van der Waals surface area contributed by atoms with Crippen LogP contribution in [-0.4, -0.2) is 21.7 Å². The van der Waals surface area contributed by atoms with Gasteiger partial charge in [0, 0.05) is 24.5 Å². The number of hydrogen-bond acceptors (Lipinski definition) is 3. The van der Waals surface area contributed by atoms with Gasteiger partial charge in [0.15, 0.2) is 0 Å². The molecule has 4 aromatic rings. The Balaban J connectivity index is 1.58. The molecule has 3 aromatic carbocycles. The van der Waals surface area contributed by atoms with Crippen molar-refractivity contribution in [2.45, 2.75) is 18.6 Å². The van der Waals surface area contributed by atoms with E-state index in [0.29, 0.717) is 23.2 Å². The maximum absolute atomic E-state index is 13.7. The molecule has 168 valence electrons. The van der Waals surface area contributed by atoms with Crippen LogP contribution in [0.3, 0.4) is 0 Å². The Morgan fingerprint density at radius 3 is 2.38 bits per heavy atom. The minimum atomic E-state index is -0.845. The largest absolute Gasteiger partial charge is 0.350 e. The van der Waals surface area contributed by atoms with Gasteiger partial charge in [-0.25, -0.2) is 4.39 Å². The molecule has 0 saturated carbocycles. The number of aromatic nitrogens is 1. The highest BCUT2D eigenvalue weighted by molar-refractivity contribution is 6.05. The number of fused-ring (bicyclic) bond motifs is 1. The zero-order valence-corrected chi connectivity index (χ0v) is 18.3. The van der Waals surface area contributed by atoms with Crippen LogP contribution >= 0.6 is 0 Å². The van der Waals surface area contributed by atoms with Gasteiger partial charge in [-0.1, -0.05) is 66.7 Å². The molecule has 1 N–H and O–H groups in total. The molecule has 0 aliphatic carbocycles. The third kappa shape index (κ3) is 4.06. The fourth-order valence-corrected chi connectivity index (χ4v) is 4.45. The molecule has 2 amide bonds. The van der Waals surface area contributed by atoms with Crippen molar-refractivity contribution in [1.29, 1.82) is 0 Å². The number of pyridine rings is 1. The Morgan fingerprint density at radius 2 is 1.65 bits per heavy atom. The number of hydrogen-bond donors (Lipinski definition) is 1. The van der Waals surface area contributed by atoms with Gasteiger partial charge in [0.2, 0.25) is 5.91 Å². The Kier molecular flexibility index (Phi) is 5.87. The number of amides is 2. The average Bonchev–Trinajstić information content (AvgIpc) is 3.17. The topological polar surface area (TPSA) is 62.3 Å². The van der Waals surface area contributed by atoms with Gasteiger partial charge >= 0.3 is 0 Å². The maximum atomic E-state index is 13.7. The van der Waals surface area contributed by atoms with E-state index in [1.807, 2.05) is 48.5 Å². The number of halogens is 1. The van der Waals surface area contributed by atoms with Crippen LogP contribution in [-0.2, 0) is 11.3 Å². The van der Waals surface area contributed by atoms with E-state index in [0.717, 1.165) is 11.1 Å². The van der Waals surface area contributed by atoms with Crippen molar-refractivity contribution in [2.24, 2.45) is 0 Å². The fraction of sp³-hybridized carbons (Fsp3) is 0.107. The first-order valence-electron chi connectivity index (χ1n) is 11.0. The first kappa shape index (κ1) is 21.5. The molecule has 2 unspecified atom stereocenters. The summed E-state index contributed by atoms with van der Waals surface area (Å²) in [5, 5.41) is 2.99. The SMILES string of the molecule is O=C(NCc1ccccc1)C1c2ccccc2C(=O)N1C(c1ccc(F)cc1)c1cccnc1. The molecular weight excluding hydrogens is 429 g/mol. The molecule has 1 aliphatic heterocycles. The van der Waals surface area contributed by atoms with Crippen LogP contribution in [0.25, 0.3) is 0 Å². The second kappa shape index (κ2) is 9.27. The fourth-order valence-electron chi connectivity index (χ4n) is 4.45. The highest BCUT2D eigenvalue weighted by atomic mass is 19.1. The monoisotopic (exact) mass is 451 g/mol. The minimum absolute atomic E-state index is 0.256. The third-order valence-electron chi connectivity index (χ3n) is 6.02. The van der Waals surface area contributed by atoms with E-state index < -0.39 is 12.1 Å². The molecule has 0 bridgehead atoms. The summed E-state index contributed by atoms with van der Waals surface area (Å²) >= 11 is 0. The van der Waals surface area contributed by atoms with E-state index in [4.69, 9.17) is 0 Å². The van der Waals surface area contributed by atoms with Gasteiger partial charge in [-0.15, -0.1) is 0 Å². The molecule has 34 heavy (non-hydrogen) atoms. The summed E-state index contributed by atoms with van der Waals surface area (Å²) in [6.45, 7) is 0.342. The molecule has 2 atom stereocenters. The summed E-state index contributed by atoms with van der Waals surface area (Å²) in [4.78, 5) is 33.1. The predicted molar refractivity (Wildman–Crippen MR) is 126 cm³/mol. The molecule has 5 rings (SSSR count). The lowest BCUT2D eigenvalue weighted by molar-refractivity contribution is -0.126. The van der Waals surface area contributed by atoms with E-state index in [1.165, 1.54) is 12.1 Å². The lowest BCUT2D eigenvalue weighted by Crippen LogP contribution is -2.41. The second-order valence-electron chi connectivity index (χ2n) is 8.15. The lowest BCUT2D eigenvalue weighted by atomic mass is 9.96. The smallest absolute Gasteiger partial charge is 0.255 e. The standard InChI is InChI=1S/C28H22FN3O2/c29-22-14-12-20(13-15-22)25(21-9-6-16-30-18-21)32-26(23-10-4-5-11-24(23)28(32)34)27(33)31-17-19-7-2-1-3-8-19/h1-16,18,25-26H,17H2,(H,31,33). The van der Waals surface area contributed by atoms with E-state index in [1.54, 1.807) is 47.6 Å². The Bertz CT molecular complexity index is 1310. The van der Waals surface area contributed by atoms with Crippen LogP contribution in [0.1, 0.15) is 44.7 Å². The van der Waals surface area contributed by atoms with Crippen molar-refractivity contribution in [1.82, 2.24) is 15.2 Å². The molecule has 6 heteroatoms. The van der Waals surface area contributed by atoms with Gasteiger partial charge in [0.05, 0.1) is 6.04 Å². The van der Waals surface area contributed by atoms with Gasteiger partial charge in [0.1, 0.15) is 11.9 Å². The van der Waals surface area contributed by atoms with Gasteiger partial charge in [-0.3, -0.25) is 14.6 Å². The van der Waals surface area contributed by atoms with E-state index in [2.05, 4.69) is 10.3 Å². The van der Waals surface area contributed by atoms with Crippen molar-refractivity contribution in [3.63, 3.8) is 0 Å². The average molecular weight is 452 g/mol. The van der Waals surface area contributed by atoms with Gasteiger partial charge in [-0.05, 0) is 46.5 Å². The normalized spacial score (nSPS) is 15.6. The summed E-state index contributed by atoms with van der Waals surface area (Å²) in [7, 11) is 0. The number of nitrogens with one attached hydrogen (secondary N) is 1. The Morgan fingerprint density at radius 1 is 0.912 bits per heavy atom. The van der Waals surface area contributed by atoms with Crippen LogP contribution in [0, 0.1) is 5.82 Å². The van der Waals surface area contributed by atoms with Crippen molar-refractivity contribution in [2.75, 3.05) is 0 Å². The lowest BCUT2D eigenvalue weighted by Gasteiger charge is -2.33. The quantitative estimate of drug-likeness (QED) is 0.457. The van der Waals surface area contributed by atoms with Gasteiger partial charge in [0.25, 0.3) is 5.91 Å². The minimum Gasteiger partial charge on any atom is -0.350 e. The molecule has 0 saturated heterocycles. The maximum Gasteiger partial charge on any atom is 0.255 e. The summed E-state index contributed by atoms with van der Waals surface area (Å²) in [5.74, 6) is -0.909. The van der Waals surface area contributed by atoms with Crippen LogP contribution < -0.4 is 5.32 Å². The summed E-state index contributed by atoms with van der Waals surface area (Å²) < 4.78 is 13.7. The van der Waals surface area contributed by atoms with Gasteiger partial charge in [-0.2, -0.15) is 0 Å². The molecule has 1 aromatic heterocycles.